The van der Waals surface area contributed by atoms with Crippen molar-refractivity contribution in [2.24, 2.45) is 0 Å². The van der Waals surface area contributed by atoms with E-state index in [9.17, 15) is 14.7 Å². The van der Waals surface area contributed by atoms with Crippen LogP contribution in [0, 0.1) is 11.3 Å². The van der Waals surface area contributed by atoms with Gasteiger partial charge in [0.05, 0.1) is 23.4 Å². The lowest BCUT2D eigenvalue weighted by molar-refractivity contribution is -0.115. The van der Waals surface area contributed by atoms with Crippen molar-refractivity contribution in [1.29, 1.82) is 5.26 Å². The summed E-state index contributed by atoms with van der Waals surface area (Å²) >= 11 is 3.04. The molecule has 0 saturated carbocycles. The molecule has 0 aliphatic rings. The summed E-state index contributed by atoms with van der Waals surface area (Å²) in [5.41, 5.74) is 1.17. The molecule has 6 nitrogen and oxygen atoms in total. The van der Waals surface area contributed by atoms with Gasteiger partial charge in [-0.1, -0.05) is 15.9 Å². The zero-order chi connectivity index (χ0) is 15.8. The molecule has 0 aliphatic carbocycles. The van der Waals surface area contributed by atoms with Crippen LogP contribution in [0.4, 0.5) is 11.4 Å². The van der Waals surface area contributed by atoms with Crippen molar-refractivity contribution in [1.82, 2.24) is 0 Å². The molecule has 0 aliphatic heterocycles. The average Bonchev–Trinajstić information content (AvgIpc) is 2.46. The Bertz CT molecular complexity index is 599. The number of aliphatic hydroxyl groups is 1. The minimum Gasteiger partial charge on any atom is -0.512 e. The molecule has 1 aromatic carbocycles. The highest BCUT2D eigenvalue weighted by Gasteiger charge is 2.09. The highest BCUT2D eigenvalue weighted by molar-refractivity contribution is 9.09. The monoisotopic (exact) mass is 351 g/mol. The van der Waals surface area contributed by atoms with Crippen molar-refractivity contribution < 1.29 is 14.7 Å². The molecule has 7 heteroatoms. The van der Waals surface area contributed by atoms with Gasteiger partial charge in [-0.25, -0.2) is 0 Å². The summed E-state index contributed by atoms with van der Waals surface area (Å²) in [6.45, 7) is 1.35. The van der Waals surface area contributed by atoms with Crippen molar-refractivity contribution in [3.05, 3.63) is 35.6 Å². The van der Waals surface area contributed by atoms with E-state index in [2.05, 4.69) is 26.6 Å². The van der Waals surface area contributed by atoms with Gasteiger partial charge >= 0.3 is 0 Å². The topological polar surface area (TPSA) is 102 Å². The number of aliphatic hydroxyl groups excluding tert-OH is 1. The summed E-state index contributed by atoms with van der Waals surface area (Å²) in [4.78, 5) is 22.9. The van der Waals surface area contributed by atoms with Gasteiger partial charge in [0.2, 0.25) is 11.8 Å². The van der Waals surface area contributed by atoms with Gasteiger partial charge in [0.15, 0.2) is 0 Å². The first-order valence-electron chi connectivity index (χ1n) is 6.00. The number of nitrogens with zero attached hydrogens (tertiary/aromatic N) is 1. The normalized spacial score (nSPS) is 11.1. The fourth-order valence-electron chi connectivity index (χ4n) is 1.45. The molecule has 0 spiro atoms. The van der Waals surface area contributed by atoms with Crippen LogP contribution in [0.3, 0.4) is 0 Å². The number of amides is 2. The maximum Gasteiger partial charge on any atom is 0.235 e. The second kappa shape index (κ2) is 8.07. The van der Waals surface area contributed by atoms with E-state index >= 15 is 0 Å². The molecule has 1 aromatic rings. The van der Waals surface area contributed by atoms with Gasteiger partial charge in [-0.3, -0.25) is 9.59 Å². The van der Waals surface area contributed by atoms with E-state index in [1.165, 1.54) is 6.92 Å². The van der Waals surface area contributed by atoms with Crippen LogP contribution in [-0.2, 0) is 9.59 Å². The number of benzene rings is 1. The summed E-state index contributed by atoms with van der Waals surface area (Å²) in [5, 5.41) is 23.4. The van der Waals surface area contributed by atoms with Crippen LogP contribution < -0.4 is 10.6 Å². The Kier molecular flexibility index (Phi) is 6.43. The Hall–Kier alpha value is -2.33. The third-order valence-electron chi connectivity index (χ3n) is 2.48. The molecule has 0 heterocycles. The van der Waals surface area contributed by atoms with E-state index in [0.717, 1.165) is 0 Å². The molecule has 0 radical (unpaired) electrons. The van der Waals surface area contributed by atoms with Gasteiger partial charge in [0, 0.05) is 11.4 Å². The van der Waals surface area contributed by atoms with Crippen LogP contribution >= 0.6 is 15.9 Å². The summed E-state index contributed by atoms with van der Waals surface area (Å²) in [7, 11) is 0. The highest BCUT2D eigenvalue weighted by atomic mass is 79.9. The van der Waals surface area contributed by atoms with Gasteiger partial charge in [-0.2, -0.15) is 5.26 Å². The Morgan fingerprint density at radius 1 is 1.19 bits per heavy atom. The highest BCUT2D eigenvalue weighted by Crippen LogP contribution is 2.15. The lowest BCUT2D eigenvalue weighted by Gasteiger charge is -2.07. The fourth-order valence-corrected chi connectivity index (χ4v) is 1.59. The molecule has 21 heavy (non-hydrogen) atoms. The van der Waals surface area contributed by atoms with Crippen LogP contribution in [0.25, 0.3) is 0 Å². The maximum absolute atomic E-state index is 11.7. The molecule has 2 amide bonds. The van der Waals surface area contributed by atoms with E-state index in [-0.39, 0.29) is 29.0 Å². The van der Waals surface area contributed by atoms with Crippen molar-refractivity contribution >= 4 is 39.1 Å². The van der Waals surface area contributed by atoms with Crippen LogP contribution in [0.5, 0.6) is 0 Å². The van der Waals surface area contributed by atoms with Crippen LogP contribution in [0.15, 0.2) is 35.6 Å². The first-order chi connectivity index (χ1) is 9.96. The molecule has 0 fully saturated rings. The number of hydrogen-bond acceptors (Lipinski definition) is 4. The maximum atomic E-state index is 11.7. The number of carbonyl (C=O) groups is 2. The number of hydrogen-bond donors (Lipinski definition) is 3. The average molecular weight is 352 g/mol. The molecule has 0 unspecified atom stereocenters. The molecule has 3 N–H and O–H groups in total. The predicted octanol–water partition coefficient (Wildman–Crippen LogP) is 2.70. The zero-order valence-corrected chi connectivity index (χ0v) is 12.9. The van der Waals surface area contributed by atoms with Crippen molar-refractivity contribution in [3.63, 3.8) is 0 Å². The first-order valence-corrected chi connectivity index (χ1v) is 7.13. The Morgan fingerprint density at radius 3 is 2.05 bits per heavy atom. The first kappa shape index (κ1) is 16.7. The largest absolute Gasteiger partial charge is 0.512 e. The molecule has 0 atom stereocenters. The van der Waals surface area contributed by atoms with Crippen LogP contribution in [0.2, 0.25) is 0 Å². The smallest absolute Gasteiger partial charge is 0.235 e. The number of allylic oxidation sites excluding steroid dienone is 1. The zero-order valence-electron chi connectivity index (χ0n) is 11.3. The standard InChI is InChI=1S/C14H14BrN3O3/c1-9(19)10(8-16)6-13(20)17-11-2-4-12(5-3-11)18-14(21)7-15/h2-5,19H,6-7H2,1H3,(H,17,20)(H,18,21). The van der Waals surface area contributed by atoms with Gasteiger partial charge in [0.25, 0.3) is 0 Å². The Balaban J connectivity index is 2.64. The lowest BCUT2D eigenvalue weighted by atomic mass is 10.1. The fraction of sp³-hybridized carbons (Fsp3) is 0.214. The van der Waals surface area contributed by atoms with Crippen molar-refractivity contribution in [2.45, 2.75) is 13.3 Å². The van der Waals surface area contributed by atoms with E-state index < -0.39 is 5.91 Å². The molecular formula is C14H14BrN3O3. The third kappa shape index (κ3) is 5.67. The number of nitriles is 1. The van der Waals surface area contributed by atoms with Crippen LogP contribution in [-0.4, -0.2) is 22.3 Å². The van der Waals surface area contributed by atoms with Crippen LogP contribution in [0.1, 0.15) is 13.3 Å². The van der Waals surface area contributed by atoms with Gasteiger partial charge in [-0.15, -0.1) is 0 Å². The summed E-state index contributed by atoms with van der Waals surface area (Å²) in [6, 6.07) is 8.32. The van der Waals surface area contributed by atoms with Gasteiger partial charge in [0.1, 0.15) is 5.76 Å². The number of nitrogens with one attached hydrogen (secondary N) is 2. The minimum atomic E-state index is -0.405. The second-order valence-corrected chi connectivity index (χ2v) is 4.72. The molecule has 1 rings (SSSR count). The summed E-state index contributed by atoms with van der Waals surface area (Å²) < 4.78 is 0. The number of alkyl halides is 1. The number of carbonyl (C=O) groups excluding carboxylic acids is 2. The number of rotatable bonds is 5. The Morgan fingerprint density at radius 2 is 1.67 bits per heavy atom. The summed E-state index contributed by atoms with van der Waals surface area (Å²) in [6.07, 6.45) is -0.194. The molecule has 0 aromatic heterocycles. The minimum absolute atomic E-state index is 0.0219. The lowest BCUT2D eigenvalue weighted by Crippen LogP contribution is -2.13. The number of halogens is 1. The van der Waals surface area contributed by atoms with E-state index in [0.29, 0.717) is 11.4 Å². The van der Waals surface area contributed by atoms with E-state index in [4.69, 9.17) is 5.26 Å². The molecule has 110 valence electrons. The number of anilines is 2. The van der Waals surface area contributed by atoms with E-state index in [1.54, 1.807) is 30.3 Å². The molecule has 0 saturated heterocycles. The van der Waals surface area contributed by atoms with Gasteiger partial charge in [-0.05, 0) is 31.2 Å². The van der Waals surface area contributed by atoms with Crippen molar-refractivity contribution in [3.8, 4) is 6.07 Å². The van der Waals surface area contributed by atoms with Crippen molar-refractivity contribution in [2.75, 3.05) is 16.0 Å². The predicted molar refractivity (Wildman–Crippen MR) is 83.1 cm³/mol. The molecule has 0 bridgehead atoms. The van der Waals surface area contributed by atoms with E-state index in [1.807, 2.05) is 0 Å². The summed E-state index contributed by atoms with van der Waals surface area (Å²) in [5.74, 6) is -0.744. The molecular weight excluding hydrogens is 338 g/mol. The Labute approximate surface area is 130 Å². The van der Waals surface area contributed by atoms with Gasteiger partial charge < -0.3 is 15.7 Å². The second-order valence-electron chi connectivity index (χ2n) is 4.16. The third-order valence-corrected chi connectivity index (χ3v) is 2.99. The SMILES string of the molecule is CC(O)=C(C#N)CC(=O)Nc1ccc(NC(=O)CBr)cc1. The quantitative estimate of drug-likeness (QED) is 0.431.